The number of hydrogen-bond acceptors (Lipinski definition) is 0. The second-order valence-electron chi connectivity index (χ2n) is 13.6. The summed E-state index contributed by atoms with van der Waals surface area (Å²) >= 11 is -1.66. The van der Waals surface area contributed by atoms with Gasteiger partial charge in [-0.05, 0) is 0 Å². The van der Waals surface area contributed by atoms with Crippen LogP contribution in [0.5, 0.6) is 0 Å². The number of rotatable bonds is 10. The molecule has 6 radical (unpaired) electrons. The van der Waals surface area contributed by atoms with E-state index in [0.29, 0.717) is 0 Å². The third kappa shape index (κ3) is 19.1. The van der Waals surface area contributed by atoms with E-state index in [0.717, 1.165) is 28.5 Å². The van der Waals surface area contributed by atoms with E-state index in [9.17, 15) is 0 Å². The van der Waals surface area contributed by atoms with Gasteiger partial charge in [0.1, 0.15) is 0 Å². The standard InChI is InChI=1S/2C12H10Ge.2C9H21Ge/c2*1-3-7-11(8-4-1)13-12-9-5-2-6-10-12;2*1-7(2)10(8(3)4)9(5)6/h2*1-10H;2*7-9H,1-6H3. The maximum absolute atomic E-state index is 2.40. The van der Waals surface area contributed by atoms with Gasteiger partial charge in [-0.1, -0.05) is 0 Å². The second-order valence-corrected chi connectivity index (χ2v) is 38.3. The van der Waals surface area contributed by atoms with Crippen molar-refractivity contribution in [3.63, 3.8) is 0 Å². The van der Waals surface area contributed by atoms with Crippen molar-refractivity contribution in [1.29, 1.82) is 0 Å². The first-order valence-corrected chi connectivity index (χ1v) is 28.8. The molecule has 0 fully saturated rings. The van der Waals surface area contributed by atoms with Gasteiger partial charge in [0.15, 0.2) is 0 Å². The van der Waals surface area contributed by atoms with Gasteiger partial charge in [0.2, 0.25) is 0 Å². The van der Waals surface area contributed by atoms with E-state index < -0.39 is 28.7 Å². The Morgan fingerprint density at radius 2 is 0.435 bits per heavy atom. The first-order valence-electron chi connectivity index (χ1n) is 17.3. The molecule has 4 aromatic rings. The quantitative estimate of drug-likeness (QED) is 0.140. The van der Waals surface area contributed by atoms with Crippen molar-refractivity contribution >= 4 is 77.1 Å². The molecule has 0 bridgehead atoms. The molecule has 246 valence electrons. The summed E-state index contributed by atoms with van der Waals surface area (Å²) in [7, 11) is 0. The third-order valence-electron chi connectivity index (χ3n) is 7.67. The average Bonchev–Trinajstić information content (AvgIpc) is 2.99. The predicted molar refractivity (Wildman–Crippen MR) is 218 cm³/mol. The van der Waals surface area contributed by atoms with E-state index in [1.165, 1.54) is 17.6 Å². The van der Waals surface area contributed by atoms with Crippen LogP contribution < -0.4 is 17.6 Å². The van der Waals surface area contributed by atoms with E-state index in [1.807, 2.05) is 0 Å². The summed E-state index contributed by atoms with van der Waals surface area (Å²) in [6.07, 6.45) is 0. The van der Waals surface area contributed by atoms with Crippen molar-refractivity contribution in [3.05, 3.63) is 121 Å². The molecule has 0 atom stereocenters. The summed E-state index contributed by atoms with van der Waals surface area (Å²) in [6, 6.07) is 42.9. The Kier molecular flexibility index (Phi) is 23.5. The Labute approximate surface area is 307 Å². The minimum absolute atomic E-state index is 0.108. The molecule has 0 saturated heterocycles. The second kappa shape index (κ2) is 25.1. The van der Waals surface area contributed by atoms with Crippen LogP contribution in [0.1, 0.15) is 83.1 Å². The molecule has 0 amide bonds. The molecule has 0 aromatic heterocycles. The van der Waals surface area contributed by atoms with Crippen molar-refractivity contribution in [2.45, 2.75) is 112 Å². The van der Waals surface area contributed by atoms with Crippen LogP contribution >= 0.6 is 0 Å². The minimum atomic E-state index is -0.722. The van der Waals surface area contributed by atoms with Crippen LogP contribution in [0, 0.1) is 0 Å². The Bertz CT molecular complexity index is 1020. The molecule has 0 N–H and O–H groups in total. The Morgan fingerprint density at radius 1 is 0.283 bits per heavy atom. The Morgan fingerprint density at radius 3 is 0.543 bits per heavy atom. The molecule has 0 aliphatic heterocycles. The van der Waals surface area contributed by atoms with Crippen molar-refractivity contribution in [2.24, 2.45) is 0 Å². The zero-order chi connectivity index (χ0) is 34.5. The molecule has 0 unspecified atom stereocenters. The summed E-state index contributed by atoms with van der Waals surface area (Å²) in [5, 5.41) is 0. The topological polar surface area (TPSA) is 0 Å². The zero-order valence-electron chi connectivity index (χ0n) is 31.0. The van der Waals surface area contributed by atoms with E-state index in [1.54, 1.807) is 0 Å². The van der Waals surface area contributed by atoms with Crippen molar-refractivity contribution in [2.75, 3.05) is 0 Å². The summed E-state index contributed by atoms with van der Waals surface area (Å²) in [4.78, 5) is 0. The van der Waals surface area contributed by atoms with Crippen molar-refractivity contribution in [3.8, 4) is 0 Å². The van der Waals surface area contributed by atoms with E-state index >= 15 is 0 Å². The molecule has 0 nitrogen and oxygen atoms in total. The first-order chi connectivity index (χ1) is 21.8. The van der Waals surface area contributed by atoms with Crippen LogP contribution in [-0.4, -0.2) is 59.6 Å². The molecular formula is C42H62Ge4. The van der Waals surface area contributed by atoms with Gasteiger partial charge in [-0.2, -0.15) is 0 Å². The molecule has 4 aromatic carbocycles. The van der Waals surface area contributed by atoms with E-state index in [4.69, 9.17) is 0 Å². The van der Waals surface area contributed by atoms with Gasteiger partial charge in [-0.25, -0.2) is 0 Å². The van der Waals surface area contributed by atoms with Crippen LogP contribution in [0.25, 0.3) is 0 Å². The van der Waals surface area contributed by atoms with Crippen LogP contribution in [0.3, 0.4) is 0 Å². The Balaban J connectivity index is 0.000000310. The molecule has 0 aliphatic carbocycles. The summed E-state index contributed by atoms with van der Waals surface area (Å²) in [5.74, 6) is 0. The SMILES string of the molecule is C[CH](C)[Ge]([CH](C)C)[CH](C)C.C[CH](C)[Ge]([CH](C)C)[CH](C)C.c1cc[c]([Ge][c]2ccccc2)cc1.c1cc[c]([Ge][c]2ccccc2)cc1. The fraction of sp³-hybridized carbons (Fsp3) is 0.429. The molecular weight excluding hydrogens is 795 g/mol. The third-order valence-corrected chi connectivity index (χ3v) is 29.7. The summed E-state index contributed by atoms with van der Waals surface area (Å²) in [5.41, 5.74) is 0. The molecule has 0 aliphatic rings. The van der Waals surface area contributed by atoms with Crippen molar-refractivity contribution < 1.29 is 0 Å². The van der Waals surface area contributed by atoms with Gasteiger partial charge in [0.05, 0.1) is 0 Å². The van der Waals surface area contributed by atoms with Gasteiger partial charge < -0.3 is 0 Å². The fourth-order valence-corrected chi connectivity index (χ4v) is 27.6. The molecule has 0 heterocycles. The Hall–Kier alpha value is -0.949. The van der Waals surface area contributed by atoms with Crippen LogP contribution in [0.2, 0.25) is 28.5 Å². The van der Waals surface area contributed by atoms with E-state index in [-0.39, 0.29) is 30.9 Å². The normalized spacial score (nSPS) is 11.0. The van der Waals surface area contributed by atoms with Gasteiger partial charge in [-0.3, -0.25) is 0 Å². The molecule has 46 heavy (non-hydrogen) atoms. The van der Waals surface area contributed by atoms with Crippen LogP contribution in [0.15, 0.2) is 121 Å². The summed E-state index contributed by atoms with van der Waals surface area (Å²) in [6.45, 7) is 28.8. The van der Waals surface area contributed by atoms with Crippen LogP contribution in [-0.2, 0) is 0 Å². The fourth-order valence-electron chi connectivity index (χ4n) is 6.42. The summed E-state index contributed by atoms with van der Waals surface area (Å²) < 4.78 is 12.0. The van der Waals surface area contributed by atoms with Crippen LogP contribution in [0.4, 0.5) is 0 Å². The molecule has 4 rings (SSSR count). The molecule has 0 saturated carbocycles. The monoisotopic (exact) mass is 862 g/mol. The molecule has 4 heteroatoms. The first kappa shape index (κ1) is 43.1. The average molecular weight is 857 g/mol. The zero-order valence-corrected chi connectivity index (χ0v) is 39.4. The van der Waals surface area contributed by atoms with Gasteiger partial charge in [0, 0.05) is 0 Å². The predicted octanol–water partition coefficient (Wildman–Crippen LogP) is 10.1. The maximum atomic E-state index is 2.40. The van der Waals surface area contributed by atoms with Gasteiger partial charge >= 0.3 is 310 Å². The number of benzene rings is 4. The number of hydrogen-bond donors (Lipinski definition) is 0. The van der Waals surface area contributed by atoms with Gasteiger partial charge in [0.25, 0.3) is 0 Å². The van der Waals surface area contributed by atoms with Gasteiger partial charge in [-0.15, -0.1) is 0 Å². The molecule has 0 spiro atoms. The van der Waals surface area contributed by atoms with Crippen molar-refractivity contribution in [1.82, 2.24) is 0 Å². The van der Waals surface area contributed by atoms with E-state index in [2.05, 4.69) is 204 Å².